The number of halogens is 1. The SMILES string of the molecule is CCCc1nc(C(C)S(C)(=O)=O)nc(NCC)c1Br. The summed E-state index contributed by atoms with van der Waals surface area (Å²) in [5.41, 5.74) is 0.846. The molecule has 0 aliphatic heterocycles. The molecule has 0 aliphatic carbocycles. The van der Waals surface area contributed by atoms with E-state index >= 15 is 0 Å². The van der Waals surface area contributed by atoms with Gasteiger partial charge >= 0.3 is 0 Å². The van der Waals surface area contributed by atoms with Gasteiger partial charge in [0.15, 0.2) is 9.84 Å². The molecule has 108 valence electrons. The third-order valence-electron chi connectivity index (χ3n) is 2.77. The Hall–Kier alpha value is -0.690. The van der Waals surface area contributed by atoms with Crippen molar-refractivity contribution < 1.29 is 8.42 Å². The third-order valence-corrected chi connectivity index (χ3v) is 5.10. The van der Waals surface area contributed by atoms with Gasteiger partial charge in [-0.2, -0.15) is 0 Å². The smallest absolute Gasteiger partial charge is 0.157 e. The number of aryl methyl sites for hydroxylation is 1. The summed E-state index contributed by atoms with van der Waals surface area (Å²) < 4.78 is 24.1. The Morgan fingerprint density at radius 2 is 1.95 bits per heavy atom. The topological polar surface area (TPSA) is 72.0 Å². The van der Waals surface area contributed by atoms with Crippen molar-refractivity contribution in [3.63, 3.8) is 0 Å². The van der Waals surface area contributed by atoms with Crippen LogP contribution in [0, 0.1) is 0 Å². The van der Waals surface area contributed by atoms with Crippen molar-refractivity contribution in [3.05, 3.63) is 16.0 Å². The van der Waals surface area contributed by atoms with Crippen molar-refractivity contribution in [1.29, 1.82) is 0 Å². The maximum atomic E-state index is 11.6. The van der Waals surface area contributed by atoms with Crippen LogP contribution >= 0.6 is 15.9 Å². The van der Waals surface area contributed by atoms with Gasteiger partial charge in [-0.25, -0.2) is 18.4 Å². The van der Waals surface area contributed by atoms with Gasteiger partial charge in [-0.05, 0) is 36.2 Å². The predicted molar refractivity (Wildman–Crippen MR) is 81.1 cm³/mol. The molecule has 1 N–H and O–H groups in total. The van der Waals surface area contributed by atoms with E-state index in [2.05, 4.69) is 38.1 Å². The maximum absolute atomic E-state index is 11.6. The Kier molecular flexibility index (Phi) is 5.73. The molecule has 0 fully saturated rings. The van der Waals surface area contributed by atoms with E-state index < -0.39 is 15.1 Å². The molecule has 1 rings (SSSR count). The van der Waals surface area contributed by atoms with Gasteiger partial charge in [0.05, 0.1) is 10.2 Å². The first-order valence-electron chi connectivity index (χ1n) is 6.30. The minimum absolute atomic E-state index is 0.352. The summed E-state index contributed by atoms with van der Waals surface area (Å²) in [6.45, 7) is 6.35. The highest BCUT2D eigenvalue weighted by molar-refractivity contribution is 9.10. The van der Waals surface area contributed by atoms with E-state index in [0.29, 0.717) is 18.2 Å². The highest BCUT2D eigenvalue weighted by Crippen LogP contribution is 2.28. The fourth-order valence-electron chi connectivity index (χ4n) is 1.57. The molecule has 0 spiro atoms. The Bertz CT molecular complexity index is 519. The molecule has 0 saturated heterocycles. The number of nitrogens with zero attached hydrogens (tertiary/aromatic N) is 2. The van der Waals surface area contributed by atoms with Gasteiger partial charge in [0.2, 0.25) is 0 Å². The molecular formula is C12H20BrN3O2S. The Morgan fingerprint density at radius 1 is 1.32 bits per heavy atom. The summed E-state index contributed by atoms with van der Waals surface area (Å²) in [6, 6.07) is 0. The largest absolute Gasteiger partial charge is 0.369 e. The van der Waals surface area contributed by atoms with Gasteiger partial charge in [0.1, 0.15) is 16.9 Å². The van der Waals surface area contributed by atoms with E-state index in [0.717, 1.165) is 23.0 Å². The van der Waals surface area contributed by atoms with Crippen molar-refractivity contribution in [1.82, 2.24) is 9.97 Å². The molecule has 1 heterocycles. The van der Waals surface area contributed by atoms with Crippen LogP contribution in [0.2, 0.25) is 0 Å². The lowest BCUT2D eigenvalue weighted by atomic mass is 10.2. The van der Waals surface area contributed by atoms with Crippen molar-refractivity contribution >= 4 is 31.6 Å². The molecule has 1 atom stereocenters. The lowest BCUT2D eigenvalue weighted by Crippen LogP contribution is -2.15. The standard InChI is InChI=1S/C12H20BrN3O2S/c1-5-7-9-10(13)12(14-6-2)16-11(15-9)8(3)19(4,17)18/h8H,5-7H2,1-4H3,(H,14,15,16). The Labute approximate surface area is 123 Å². The summed E-state index contributed by atoms with van der Waals surface area (Å²) in [5, 5.41) is 2.43. The molecule has 0 radical (unpaired) electrons. The average Bonchev–Trinajstić information content (AvgIpc) is 2.32. The van der Waals surface area contributed by atoms with Crippen molar-refractivity contribution in [2.24, 2.45) is 0 Å². The number of rotatable bonds is 6. The molecule has 5 nitrogen and oxygen atoms in total. The molecule has 0 aliphatic rings. The molecule has 0 amide bonds. The minimum Gasteiger partial charge on any atom is -0.369 e. The number of anilines is 1. The molecule has 7 heteroatoms. The Balaban J connectivity index is 3.33. The second-order valence-corrected chi connectivity index (χ2v) is 7.60. The zero-order valence-corrected chi connectivity index (χ0v) is 14.1. The highest BCUT2D eigenvalue weighted by atomic mass is 79.9. The van der Waals surface area contributed by atoms with E-state index in [1.807, 2.05) is 6.92 Å². The molecule has 19 heavy (non-hydrogen) atoms. The number of nitrogens with one attached hydrogen (secondary N) is 1. The van der Waals surface area contributed by atoms with Crippen LogP contribution in [0.1, 0.15) is 44.0 Å². The summed E-state index contributed by atoms with van der Waals surface area (Å²) in [6.07, 6.45) is 2.92. The normalized spacial score (nSPS) is 13.3. The summed E-state index contributed by atoms with van der Waals surface area (Å²) in [7, 11) is -3.20. The number of hydrogen-bond donors (Lipinski definition) is 1. The second-order valence-electron chi connectivity index (χ2n) is 4.44. The van der Waals surface area contributed by atoms with Crippen LogP contribution in [-0.4, -0.2) is 31.2 Å². The molecular weight excluding hydrogens is 330 g/mol. The monoisotopic (exact) mass is 349 g/mol. The van der Waals surface area contributed by atoms with Crippen LogP contribution in [0.25, 0.3) is 0 Å². The molecule has 1 aromatic heterocycles. The molecule has 1 aromatic rings. The third kappa shape index (κ3) is 4.14. The van der Waals surface area contributed by atoms with Gasteiger partial charge in [-0.15, -0.1) is 0 Å². The molecule has 1 unspecified atom stereocenters. The fraction of sp³-hybridized carbons (Fsp3) is 0.667. The van der Waals surface area contributed by atoms with Crippen LogP contribution in [-0.2, 0) is 16.3 Å². The first-order chi connectivity index (χ1) is 8.81. The van der Waals surface area contributed by atoms with Gasteiger partial charge in [-0.1, -0.05) is 13.3 Å². The quantitative estimate of drug-likeness (QED) is 0.854. The Morgan fingerprint density at radius 3 is 2.42 bits per heavy atom. The van der Waals surface area contributed by atoms with E-state index in [9.17, 15) is 8.42 Å². The minimum atomic E-state index is -3.20. The van der Waals surface area contributed by atoms with Crippen LogP contribution in [0.15, 0.2) is 4.47 Å². The van der Waals surface area contributed by atoms with Gasteiger partial charge in [-0.3, -0.25) is 0 Å². The summed E-state index contributed by atoms with van der Waals surface area (Å²) in [4.78, 5) is 8.72. The van der Waals surface area contributed by atoms with Gasteiger partial charge < -0.3 is 5.32 Å². The molecule has 0 aromatic carbocycles. The van der Waals surface area contributed by atoms with Crippen molar-refractivity contribution in [2.45, 2.75) is 38.9 Å². The van der Waals surface area contributed by atoms with E-state index in [4.69, 9.17) is 0 Å². The van der Waals surface area contributed by atoms with E-state index in [1.165, 1.54) is 6.26 Å². The van der Waals surface area contributed by atoms with Gasteiger partial charge in [0, 0.05) is 12.8 Å². The predicted octanol–water partition coefficient (Wildman–Crippen LogP) is 2.73. The molecule has 0 saturated carbocycles. The van der Waals surface area contributed by atoms with E-state index in [1.54, 1.807) is 6.92 Å². The van der Waals surface area contributed by atoms with Crippen LogP contribution < -0.4 is 5.32 Å². The molecule has 0 bridgehead atoms. The van der Waals surface area contributed by atoms with Crippen molar-refractivity contribution in [3.8, 4) is 0 Å². The number of aromatic nitrogens is 2. The highest BCUT2D eigenvalue weighted by Gasteiger charge is 2.23. The zero-order valence-electron chi connectivity index (χ0n) is 11.7. The zero-order chi connectivity index (χ0) is 14.6. The maximum Gasteiger partial charge on any atom is 0.157 e. The summed E-state index contributed by atoms with van der Waals surface area (Å²) in [5.74, 6) is 1.01. The number of hydrogen-bond acceptors (Lipinski definition) is 5. The first kappa shape index (κ1) is 16.4. The first-order valence-corrected chi connectivity index (χ1v) is 9.05. The van der Waals surface area contributed by atoms with E-state index in [-0.39, 0.29) is 0 Å². The van der Waals surface area contributed by atoms with Crippen LogP contribution in [0.5, 0.6) is 0 Å². The second kappa shape index (κ2) is 6.65. The van der Waals surface area contributed by atoms with Crippen molar-refractivity contribution in [2.75, 3.05) is 18.1 Å². The summed E-state index contributed by atoms with van der Waals surface area (Å²) >= 11 is 3.48. The lowest BCUT2D eigenvalue weighted by molar-refractivity contribution is 0.588. The fourth-order valence-corrected chi connectivity index (χ4v) is 2.58. The lowest BCUT2D eigenvalue weighted by Gasteiger charge is -2.14. The van der Waals surface area contributed by atoms with Gasteiger partial charge in [0.25, 0.3) is 0 Å². The van der Waals surface area contributed by atoms with Crippen LogP contribution in [0.3, 0.4) is 0 Å². The average molecular weight is 350 g/mol. The van der Waals surface area contributed by atoms with Crippen LogP contribution in [0.4, 0.5) is 5.82 Å². The number of sulfone groups is 1.